The van der Waals surface area contributed by atoms with E-state index >= 15 is 0 Å². The Bertz CT molecular complexity index is 1240. The van der Waals surface area contributed by atoms with Gasteiger partial charge in [-0.15, -0.1) is 0 Å². The summed E-state index contributed by atoms with van der Waals surface area (Å²) in [5.41, 5.74) is -0.325. The summed E-state index contributed by atoms with van der Waals surface area (Å²) in [6.07, 6.45) is 1.23. The highest BCUT2D eigenvalue weighted by Crippen LogP contribution is 2.37. The first kappa shape index (κ1) is 21.4. The Balaban J connectivity index is 1.64. The zero-order valence-corrected chi connectivity index (χ0v) is 18.6. The number of urea groups is 1. The lowest BCUT2D eigenvalue weighted by atomic mass is 10.1. The third kappa shape index (κ3) is 4.58. The summed E-state index contributed by atoms with van der Waals surface area (Å²) in [4.78, 5) is 38.9. The highest BCUT2D eigenvalue weighted by molar-refractivity contribution is 9.10. The van der Waals surface area contributed by atoms with Crippen LogP contribution in [0.25, 0.3) is 6.08 Å². The second kappa shape index (κ2) is 8.70. The van der Waals surface area contributed by atoms with Gasteiger partial charge in [0, 0.05) is 9.92 Å². The normalized spacial score (nSPS) is 15.5. The molecule has 2 aromatic carbocycles. The average molecular weight is 522 g/mol. The van der Waals surface area contributed by atoms with Crippen molar-refractivity contribution >= 4 is 68.9 Å². The molecule has 6 nitrogen and oxygen atoms in total. The van der Waals surface area contributed by atoms with E-state index in [1.165, 1.54) is 36.0 Å². The van der Waals surface area contributed by atoms with Gasteiger partial charge in [0.2, 0.25) is 0 Å². The number of rotatable bonds is 4. The Hall–Kier alpha value is -2.88. The Kier molecular flexibility index (Phi) is 5.99. The van der Waals surface area contributed by atoms with Crippen LogP contribution >= 0.6 is 39.3 Å². The number of barbiturate groups is 1. The molecule has 1 aromatic heterocycles. The van der Waals surface area contributed by atoms with Gasteiger partial charge in [-0.2, -0.15) is 0 Å². The number of furan rings is 1. The number of carbonyl (C=O) groups is 3. The molecule has 10 heteroatoms. The number of benzene rings is 2. The lowest BCUT2D eigenvalue weighted by molar-refractivity contribution is -0.122. The monoisotopic (exact) mass is 520 g/mol. The summed E-state index contributed by atoms with van der Waals surface area (Å²) >= 11 is 10.6. The van der Waals surface area contributed by atoms with Crippen LogP contribution in [0.5, 0.6) is 0 Å². The van der Waals surface area contributed by atoms with Gasteiger partial charge in [0.1, 0.15) is 17.2 Å². The first-order valence-electron chi connectivity index (χ1n) is 8.71. The summed E-state index contributed by atoms with van der Waals surface area (Å²) in [5, 5.41) is 3.18. The number of halogens is 3. The van der Waals surface area contributed by atoms with E-state index in [1.807, 2.05) is 12.1 Å². The molecule has 1 N–H and O–H groups in total. The van der Waals surface area contributed by atoms with Crippen LogP contribution in [0.3, 0.4) is 0 Å². The van der Waals surface area contributed by atoms with Crippen LogP contribution in [-0.4, -0.2) is 17.8 Å². The molecule has 3 aromatic rings. The van der Waals surface area contributed by atoms with E-state index in [4.69, 9.17) is 16.0 Å². The number of amides is 4. The van der Waals surface area contributed by atoms with Gasteiger partial charge in [0.05, 0.1) is 10.2 Å². The van der Waals surface area contributed by atoms with Crippen molar-refractivity contribution in [3.05, 3.63) is 81.2 Å². The average Bonchev–Trinajstić information content (AvgIpc) is 3.06. The van der Waals surface area contributed by atoms with Gasteiger partial charge in [0.25, 0.3) is 11.8 Å². The fraction of sp³-hybridized carbons (Fsp3) is 0. The first-order valence-corrected chi connectivity index (χ1v) is 10.7. The smallest absolute Gasteiger partial charge is 0.335 e. The Morgan fingerprint density at radius 3 is 2.55 bits per heavy atom. The minimum Gasteiger partial charge on any atom is -0.449 e. The van der Waals surface area contributed by atoms with E-state index in [9.17, 15) is 18.8 Å². The van der Waals surface area contributed by atoms with E-state index in [2.05, 4.69) is 21.2 Å². The van der Waals surface area contributed by atoms with Gasteiger partial charge < -0.3 is 4.42 Å². The molecule has 0 saturated carbocycles. The summed E-state index contributed by atoms with van der Waals surface area (Å²) in [5.74, 6) is -2.17. The number of hydrogen-bond donors (Lipinski definition) is 1. The number of anilines is 1. The fourth-order valence-corrected chi connectivity index (χ4v) is 4.22. The predicted molar refractivity (Wildman–Crippen MR) is 117 cm³/mol. The van der Waals surface area contributed by atoms with E-state index in [-0.39, 0.29) is 17.0 Å². The van der Waals surface area contributed by atoms with Crippen LogP contribution in [0.1, 0.15) is 5.76 Å². The molecule has 0 bridgehead atoms. The van der Waals surface area contributed by atoms with Crippen molar-refractivity contribution in [2.45, 2.75) is 9.99 Å². The van der Waals surface area contributed by atoms with Crippen molar-refractivity contribution in [1.29, 1.82) is 0 Å². The highest BCUT2D eigenvalue weighted by Gasteiger charge is 2.37. The molecule has 4 amide bonds. The van der Waals surface area contributed by atoms with Crippen LogP contribution in [0.4, 0.5) is 14.9 Å². The van der Waals surface area contributed by atoms with Crippen LogP contribution < -0.4 is 10.2 Å². The minimum absolute atomic E-state index is 0.000471. The Morgan fingerprint density at radius 1 is 1.10 bits per heavy atom. The number of nitrogens with zero attached hydrogens (tertiary/aromatic N) is 1. The van der Waals surface area contributed by atoms with Crippen LogP contribution in [0, 0.1) is 5.82 Å². The van der Waals surface area contributed by atoms with Crippen LogP contribution in [-0.2, 0) is 9.59 Å². The number of nitrogens with one attached hydrogen (secondary N) is 1. The molecule has 0 unspecified atom stereocenters. The molecule has 4 rings (SSSR count). The third-order valence-corrected chi connectivity index (χ3v) is 6.25. The summed E-state index contributed by atoms with van der Waals surface area (Å²) < 4.78 is 19.9. The molecular formula is C21H11BrClFN2O4S. The van der Waals surface area contributed by atoms with Crippen molar-refractivity contribution in [1.82, 2.24) is 5.32 Å². The SMILES string of the molecule is O=C1NC(=O)N(c2cccc(F)c2)C(=O)/C1=C\c1cc(Br)c(Sc2ccc(Cl)cc2)o1. The molecule has 1 aliphatic heterocycles. The molecule has 31 heavy (non-hydrogen) atoms. The molecule has 1 fully saturated rings. The minimum atomic E-state index is -0.961. The molecule has 0 spiro atoms. The van der Waals surface area contributed by atoms with E-state index < -0.39 is 23.7 Å². The van der Waals surface area contributed by atoms with Crippen LogP contribution in [0.2, 0.25) is 5.02 Å². The zero-order chi connectivity index (χ0) is 22.1. The topological polar surface area (TPSA) is 79.6 Å². The van der Waals surface area contributed by atoms with Crippen molar-refractivity contribution in [3.8, 4) is 0 Å². The molecule has 0 aliphatic carbocycles. The molecule has 1 saturated heterocycles. The highest BCUT2D eigenvalue weighted by atomic mass is 79.9. The molecule has 0 radical (unpaired) electrons. The summed E-state index contributed by atoms with van der Waals surface area (Å²) in [6, 6.07) is 12.7. The predicted octanol–water partition coefficient (Wildman–Crippen LogP) is 5.65. The quantitative estimate of drug-likeness (QED) is 0.354. The van der Waals surface area contributed by atoms with Crippen molar-refractivity contribution in [3.63, 3.8) is 0 Å². The summed E-state index contributed by atoms with van der Waals surface area (Å²) in [7, 11) is 0. The van der Waals surface area contributed by atoms with Gasteiger partial charge in [-0.25, -0.2) is 14.1 Å². The maximum atomic E-state index is 13.6. The lowest BCUT2D eigenvalue weighted by Gasteiger charge is -2.26. The fourth-order valence-electron chi connectivity index (χ4n) is 2.77. The third-order valence-electron chi connectivity index (χ3n) is 4.15. The molecular weight excluding hydrogens is 511 g/mol. The van der Waals surface area contributed by atoms with E-state index in [0.29, 0.717) is 19.5 Å². The summed E-state index contributed by atoms with van der Waals surface area (Å²) in [6.45, 7) is 0. The van der Waals surface area contributed by atoms with Crippen molar-refractivity contribution in [2.24, 2.45) is 0 Å². The number of carbonyl (C=O) groups excluding carboxylic acids is 3. The lowest BCUT2D eigenvalue weighted by Crippen LogP contribution is -2.54. The van der Waals surface area contributed by atoms with Gasteiger partial charge in [0.15, 0.2) is 5.09 Å². The number of imide groups is 2. The maximum absolute atomic E-state index is 13.6. The van der Waals surface area contributed by atoms with Crippen molar-refractivity contribution in [2.75, 3.05) is 4.90 Å². The molecule has 156 valence electrons. The molecule has 2 heterocycles. The zero-order valence-electron chi connectivity index (χ0n) is 15.4. The second-order valence-corrected chi connectivity index (χ2v) is 8.61. The second-order valence-electron chi connectivity index (χ2n) is 6.28. The van der Waals surface area contributed by atoms with Crippen LogP contribution in [0.15, 0.2) is 79.0 Å². The maximum Gasteiger partial charge on any atom is 0.335 e. The van der Waals surface area contributed by atoms with Gasteiger partial charge in [-0.3, -0.25) is 14.9 Å². The van der Waals surface area contributed by atoms with E-state index in [0.717, 1.165) is 11.0 Å². The van der Waals surface area contributed by atoms with Gasteiger partial charge >= 0.3 is 6.03 Å². The first-order chi connectivity index (χ1) is 14.8. The molecule has 1 aliphatic rings. The van der Waals surface area contributed by atoms with E-state index in [1.54, 1.807) is 18.2 Å². The van der Waals surface area contributed by atoms with Gasteiger partial charge in [-0.1, -0.05) is 29.4 Å². The molecule has 0 atom stereocenters. The Labute approximate surface area is 193 Å². The Morgan fingerprint density at radius 2 is 1.84 bits per heavy atom. The van der Waals surface area contributed by atoms with Gasteiger partial charge in [-0.05, 0) is 70.5 Å². The van der Waals surface area contributed by atoms with Crippen molar-refractivity contribution < 1.29 is 23.2 Å². The number of hydrogen-bond acceptors (Lipinski definition) is 5. The largest absolute Gasteiger partial charge is 0.449 e. The standard InChI is InChI=1S/C21H11BrClFN2O4S/c22-17-10-14(30-20(17)31-15-6-4-11(23)5-7-15)9-16-18(27)25-21(29)26(19(16)28)13-3-1-2-12(24)8-13/h1-10H,(H,25,27,29)/b16-9-.